The largest absolute Gasteiger partial charge is 0.422 e. The molecular formula is C20H14N2O2S2. The number of nitrogens with zero attached hydrogens (tertiary/aromatic N) is 2. The fourth-order valence-electron chi connectivity index (χ4n) is 2.79. The molecule has 1 aliphatic carbocycles. The fraction of sp³-hybridized carbons (Fsp3) is 0.100. The minimum absolute atomic E-state index is 0.376. The molecule has 4 rings (SSSR count). The van der Waals surface area contributed by atoms with Gasteiger partial charge in [-0.2, -0.15) is 0 Å². The van der Waals surface area contributed by atoms with Crippen molar-refractivity contribution in [1.82, 2.24) is 9.55 Å². The van der Waals surface area contributed by atoms with Crippen LogP contribution >= 0.6 is 23.6 Å². The average molecular weight is 378 g/mol. The van der Waals surface area contributed by atoms with E-state index in [1.165, 1.54) is 11.3 Å². The first kappa shape index (κ1) is 16.7. The van der Waals surface area contributed by atoms with E-state index in [2.05, 4.69) is 10.7 Å². The molecule has 3 aromatic rings. The van der Waals surface area contributed by atoms with Crippen LogP contribution in [-0.2, 0) is 13.0 Å². The Morgan fingerprint density at radius 1 is 1.42 bits per heavy atom. The zero-order valence-electron chi connectivity index (χ0n) is 13.7. The van der Waals surface area contributed by atoms with E-state index in [1.807, 2.05) is 40.3 Å². The number of hydrogen-bond acceptors (Lipinski definition) is 5. The molecule has 0 saturated carbocycles. The van der Waals surface area contributed by atoms with Gasteiger partial charge in [-0.3, -0.25) is 4.98 Å². The lowest BCUT2D eigenvalue weighted by Gasteiger charge is -2.10. The van der Waals surface area contributed by atoms with Gasteiger partial charge in [-0.05, 0) is 42.4 Å². The smallest absolute Gasteiger partial charge is 0.345 e. The van der Waals surface area contributed by atoms with Gasteiger partial charge in [0.05, 0.1) is 17.8 Å². The van der Waals surface area contributed by atoms with Crippen LogP contribution in [0, 0.1) is 3.95 Å². The molecule has 4 nitrogen and oxygen atoms in total. The minimum atomic E-state index is -0.376. The van der Waals surface area contributed by atoms with Crippen LogP contribution < -0.4 is 5.63 Å². The fourth-order valence-corrected chi connectivity index (χ4v) is 3.86. The number of aromatic nitrogens is 2. The van der Waals surface area contributed by atoms with E-state index in [9.17, 15) is 4.79 Å². The van der Waals surface area contributed by atoms with Crippen molar-refractivity contribution >= 4 is 29.6 Å². The molecule has 0 aliphatic heterocycles. The number of fused-ring (bicyclic) bond motifs is 1. The maximum Gasteiger partial charge on any atom is 0.345 e. The third-order valence-electron chi connectivity index (χ3n) is 4.06. The number of hydrogen-bond donors (Lipinski definition) is 0. The van der Waals surface area contributed by atoms with Crippen LogP contribution in [0.3, 0.4) is 0 Å². The highest BCUT2D eigenvalue weighted by molar-refractivity contribution is 7.73. The Hall–Kier alpha value is -2.79. The molecule has 3 aromatic heterocycles. The lowest BCUT2D eigenvalue weighted by molar-refractivity contribution is 0.497. The highest BCUT2D eigenvalue weighted by atomic mass is 32.1. The molecule has 1 aliphatic rings. The van der Waals surface area contributed by atoms with Crippen molar-refractivity contribution in [3.05, 3.63) is 91.2 Å². The Kier molecular flexibility index (Phi) is 4.63. The molecule has 0 radical (unpaired) electrons. The molecule has 0 aromatic carbocycles. The molecule has 0 saturated heterocycles. The van der Waals surface area contributed by atoms with Gasteiger partial charge in [-0.1, -0.05) is 18.2 Å². The summed E-state index contributed by atoms with van der Waals surface area (Å²) >= 11 is 6.91. The van der Waals surface area contributed by atoms with Gasteiger partial charge in [0.25, 0.3) is 0 Å². The normalized spacial score (nSPS) is 13.8. The standard InChI is InChI=1S/C20H14N2O2S2/c23-19-16(10-15-7-3-1-2-4-8-18(15)24-19)17-13-26-20(25)22(17)12-14-6-5-9-21-11-14/h1-3,5-6,8-11,13H,7,12H2/b3-1-. The minimum Gasteiger partial charge on any atom is -0.422 e. The Morgan fingerprint density at radius 3 is 3.19 bits per heavy atom. The molecular weight excluding hydrogens is 364 g/mol. The van der Waals surface area contributed by atoms with Crippen molar-refractivity contribution < 1.29 is 4.42 Å². The van der Waals surface area contributed by atoms with Gasteiger partial charge in [-0.25, -0.2) is 4.79 Å². The van der Waals surface area contributed by atoms with Gasteiger partial charge in [0.15, 0.2) is 3.95 Å². The molecule has 0 fully saturated rings. The highest BCUT2D eigenvalue weighted by Gasteiger charge is 2.16. The lowest BCUT2D eigenvalue weighted by atomic mass is 10.1. The molecule has 128 valence electrons. The molecule has 3 heterocycles. The zero-order valence-corrected chi connectivity index (χ0v) is 15.3. The van der Waals surface area contributed by atoms with Crippen molar-refractivity contribution in [2.45, 2.75) is 13.0 Å². The summed E-state index contributed by atoms with van der Waals surface area (Å²) < 4.78 is 8.21. The molecule has 0 bridgehead atoms. The van der Waals surface area contributed by atoms with Crippen LogP contribution in [-0.4, -0.2) is 9.55 Å². The third-order valence-corrected chi connectivity index (χ3v) is 5.33. The molecule has 6 heteroatoms. The van der Waals surface area contributed by atoms with E-state index < -0.39 is 0 Å². The highest BCUT2D eigenvalue weighted by Crippen LogP contribution is 2.25. The van der Waals surface area contributed by atoms with Crippen LogP contribution in [0.15, 0.2) is 69.1 Å². The first-order valence-electron chi connectivity index (χ1n) is 8.04. The SMILES string of the molecule is O=c1oc2c(cc1-c1csc(=S)n1Cc1cccnc1)C/C=C\C=C=C2. The van der Waals surface area contributed by atoms with E-state index in [0.717, 1.165) is 16.8 Å². The van der Waals surface area contributed by atoms with Crippen molar-refractivity contribution in [2.24, 2.45) is 0 Å². The Balaban J connectivity index is 1.83. The average Bonchev–Trinajstić information content (AvgIpc) is 2.98. The summed E-state index contributed by atoms with van der Waals surface area (Å²) in [7, 11) is 0. The van der Waals surface area contributed by atoms with Crippen LogP contribution in [0.2, 0.25) is 0 Å². The maximum atomic E-state index is 12.6. The molecule has 0 amide bonds. The molecule has 0 spiro atoms. The molecule has 0 unspecified atom stereocenters. The summed E-state index contributed by atoms with van der Waals surface area (Å²) in [6.45, 7) is 0.560. The third kappa shape index (κ3) is 3.30. The Morgan fingerprint density at radius 2 is 2.35 bits per heavy atom. The summed E-state index contributed by atoms with van der Waals surface area (Å²) in [6, 6.07) is 5.77. The molecule has 26 heavy (non-hydrogen) atoms. The van der Waals surface area contributed by atoms with E-state index in [-0.39, 0.29) is 5.63 Å². The van der Waals surface area contributed by atoms with Crippen molar-refractivity contribution in [3.8, 4) is 11.3 Å². The second-order valence-electron chi connectivity index (χ2n) is 5.78. The van der Waals surface area contributed by atoms with E-state index >= 15 is 0 Å². The monoisotopic (exact) mass is 378 g/mol. The van der Waals surface area contributed by atoms with Gasteiger partial charge in [0.1, 0.15) is 5.76 Å². The summed E-state index contributed by atoms with van der Waals surface area (Å²) in [5, 5.41) is 1.91. The maximum absolute atomic E-state index is 12.6. The van der Waals surface area contributed by atoms with E-state index in [0.29, 0.717) is 28.2 Å². The first-order chi connectivity index (χ1) is 12.7. The predicted molar refractivity (Wildman–Crippen MR) is 106 cm³/mol. The summed E-state index contributed by atoms with van der Waals surface area (Å²) in [5.41, 5.74) is 5.86. The van der Waals surface area contributed by atoms with Crippen LogP contribution in [0.5, 0.6) is 0 Å². The van der Waals surface area contributed by atoms with Crippen LogP contribution in [0.4, 0.5) is 0 Å². The topological polar surface area (TPSA) is 48.0 Å². The van der Waals surface area contributed by atoms with Crippen molar-refractivity contribution in [1.29, 1.82) is 0 Å². The Labute approximate surface area is 159 Å². The molecule has 0 N–H and O–H groups in total. The van der Waals surface area contributed by atoms with Gasteiger partial charge < -0.3 is 8.98 Å². The summed E-state index contributed by atoms with van der Waals surface area (Å²) in [5.74, 6) is 0.548. The quantitative estimate of drug-likeness (QED) is 0.493. The van der Waals surface area contributed by atoms with E-state index in [1.54, 1.807) is 24.5 Å². The van der Waals surface area contributed by atoms with Crippen LogP contribution in [0.25, 0.3) is 17.3 Å². The van der Waals surface area contributed by atoms with Gasteiger partial charge in [-0.15, -0.1) is 17.1 Å². The van der Waals surface area contributed by atoms with Gasteiger partial charge in [0.2, 0.25) is 0 Å². The number of allylic oxidation sites excluding steroid dienone is 3. The lowest BCUT2D eigenvalue weighted by Crippen LogP contribution is -2.10. The van der Waals surface area contributed by atoms with Gasteiger partial charge in [0, 0.05) is 29.4 Å². The van der Waals surface area contributed by atoms with E-state index in [4.69, 9.17) is 16.6 Å². The van der Waals surface area contributed by atoms with Gasteiger partial charge >= 0.3 is 5.63 Å². The first-order valence-corrected chi connectivity index (χ1v) is 9.33. The van der Waals surface area contributed by atoms with Crippen LogP contribution in [0.1, 0.15) is 16.9 Å². The number of pyridine rings is 1. The zero-order chi connectivity index (χ0) is 17.9. The Bertz CT molecular complexity index is 1160. The predicted octanol–water partition coefficient (Wildman–Crippen LogP) is 4.62. The van der Waals surface area contributed by atoms with Crippen molar-refractivity contribution in [2.75, 3.05) is 0 Å². The van der Waals surface area contributed by atoms with Crippen molar-refractivity contribution in [3.63, 3.8) is 0 Å². The summed E-state index contributed by atoms with van der Waals surface area (Å²) in [4.78, 5) is 16.8. The second kappa shape index (κ2) is 7.22. The molecule has 0 atom stereocenters. The summed E-state index contributed by atoms with van der Waals surface area (Å²) in [6.07, 6.45) is 11.6. The second-order valence-corrected chi connectivity index (χ2v) is 7.28. The number of thiazole rings is 1. The number of rotatable bonds is 3.